The average molecular weight is 439 g/mol. The summed E-state index contributed by atoms with van der Waals surface area (Å²) in [5.41, 5.74) is 0. The highest BCUT2D eigenvalue weighted by atomic mass is 16.5. The fourth-order valence-electron chi connectivity index (χ4n) is 4.35. The Kier molecular flexibility index (Phi) is 9.74. The molecule has 2 aliphatic rings. The lowest BCUT2D eigenvalue weighted by atomic mass is 10.1. The monoisotopic (exact) mass is 438 g/mol. The lowest BCUT2D eigenvalue weighted by Gasteiger charge is -2.32. The van der Waals surface area contributed by atoms with Crippen LogP contribution in [0.25, 0.3) is 0 Å². The van der Waals surface area contributed by atoms with E-state index < -0.39 is 18.2 Å². The summed E-state index contributed by atoms with van der Waals surface area (Å²) in [6.07, 6.45) is 3.81. The highest BCUT2D eigenvalue weighted by molar-refractivity contribution is 5.92. The molecule has 31 heavy (non-hydrogen) atoms. The van der Waals surface area contributed by atoms with Gasteiger partial charge in [0, 0.05) is 20.1 Å². The maximum Gasteiger partial charge on any atom is 0.323 e. The zero-order valence-electron chi connectivity index (χ0n) is 19.3. The Morgan fingerprint density at radius 1 is 1.19 bits per heavy atom. The second kappa shape index (κ2) is 12.0. The first-order valence-electron chi connectivity index (χ1n) is 11.6. The van der Waals surface area contributed by atoms with Gasteiger partial charge < -0.3 is 25.2 Å². The fourth-order valence-corrected chi connectivity index (χ4v) is 4.35. The van der Waals surface area contributed by atoms with Crippen LogP contribution in [0.15, 0.2) is 0 Å². The predicted molar refractivity (Wildman–Crippen MR) is 116 cm³/mol. The van der Waals surface area contributed by atoms with Gasteiger partial charge in [-0.2, -0.15) is 0 Å². The Balaban J connectivity index is 1.96. The Bertz CT molecular complexity index is 650. The molecule has 0 radical (unpaired) electrons. The van der Waals surface area contributed by atoms with Crippen molar-refractivity contribution in [1.82, 2.24) is 20.4 Å². The molecule has 0 aromatic carbocycles. The van der Waals surface area contributed by atoms with E-state index in [1.54, 1.807) is 18.9 Å². The molecule has 2 N–H and O–H groups in total. The molecule has 0 aliphatic carbocycles. The van der Waals surface area contributed by atoms with E-state index in [2.05, 4.69) is 10.6 Å². The SMILES string of the molecule is CCCC(C(=O)NCC)N(C)C(=O)C1CCCN1C(=O)CC(C)OC(=O)C1CCCN1. The van der Waals surface area contributed by atoms with Crippen molar-refractivity contribution in [3.05, 3.63) is 0 Å². The molecule has 9 nitrogen and oxygen atoms in total. The first-order chi connectivity index (χ1) is 14.8. The summed E-state index contributed by atoms with van der Waals surface area (Å²) < 4.78 is 5.44. The van der Waals surface area contributed by atoms with Crippen LogP contribution >= 0.6 is 0 Å². The third-order valence-corrected chi connectivity index (χ3v) is 6.01. The zero-order valence-corrected chi connectivity index (χ0v) is 19.3. The number of carbonyl (C=O) groups excluding carboxylic acids is 4. The van der Waals surface area contributed by atoms with Crippen molar-refractivity contribution in [2.24, 2.45) is 0 Å². The van der Waals surface area contributed by atoms with Gasteiger partial charge in [0.1, 0.15) is 24.2 Å². The van der Waals surface area contributed by atoms with Gasteiger partial charge in [-0.1, -0.05) is 13.3 Å². The Labute approximate surface area is 185 Å². The number of ether oxygens (including phenoxy) is 1. The molecule has 0 aromatic rings. The van der Waals surface area contributed by atoms with Crippen molar-refractivity contribution >= 4 is 23.7 Å². The number of rotatable bonds is 10. The van der Waals surface area contributed by atoms with Crippen LogP contribution in [0.2, 0.25) is 0 Å². The number of esters is 1. The van der Waals surface area contributed by atoms with Gasteiger partial charge in [-0.3, -0.25) is 19.2 Å². The van der Waals surface area contributed by atoms with Gasteiger partial charge in [-0.05, 0) is 52.5 Å². The second-order valence-corrected chi connectivity index (χ2v) is 8.49. The number of carbonyl (C=O) groups is 4. The van der Waals surface area contributed by atoms with E-state index >= 15 is 0 Å². The summed E-state index contributed by atoms with van der Waals surface area (Å²) in [6.45, 7) is 7.32. The smallest absolute Gasteiger partial charge is 0.323 e. The zero-order chi connectivity index (χ0) is 23.0. The van der Waals surface area contributed by atoms with Crippen molar-refractivity contribution in [2.75, 3.05) is 26.7 Å². The first-order valence-corrected chi connectivity index (χ1v) is 11.6. The van der Waals surface area contributed by atoms with Crippen LogP contribution < -0.4 is 10.6 Å². The van der Waals surface area contributed by atoms with Gasteiger partial charge in [0.05, 0.1) is 6.42 Å². The number of likely N-dealkylation sites (N-methyl/N-ethyl adjacent to an activating group) is 2. The first kappa shape index (κ1) is 25.1. The topological polar surface area (TPSA) is 108 Å². The molecule has 9 heteroatoms. The molecule has 2 heterocycles. The van der Waals surface area contributed by atoms with Crippen LogP contribution in [0.5, 0.6) is 0 Å². The molecule has 2 fully saturated rings. The third kappa shape index (κ3) is 6.66. The fraction of sp³-hybridized carbons (Fsp3) is 0.818. The highest BCUT2D eigenvalue weighted by Gasteiger charge is 2.39. The van der Waals surface area contributed by atoms with Gasteiger partial charge in [-0.15, -0.1) is 0 Å². The third-order valence-electron chi connectivity index (χ3n) is 6.01. The number of nitrogens with zero attached hydrogens (tertiary/aromatic N) is 2. The average Bonchev–Trinajstić information content (AvgIpc) is 3.43. The standard InChI is InChI=1S/C22H38N4O5/c1-5-9-17(20(28)23-6-2)25(4)21(29)18-11-8-13-26(18)19(27)14-15(3)31-22(30)16-10-7-12-24-16/h15-18,24H,5-14H2,1-4H3,(H,23,28). The van der Waals surface area contributed by atoms with Crippen molar-refractivity contribution in [3.63, 3.8) is 0 Å². The molecule has 0 bridgehead atoms. The minimum atomic E-state index is -0.578. The van der Waals surface area contributed by atoms with E-state index in [4.69, 9.17) is 4.74 Å². The van der Waals surface area contributed by atoms with Crippen LogP contribution in [0.1, 0.15) is 65.7 Å². The van der Waals surface area contributed by atoms with E-state index in [0.717, 1.165) is 32.2 Å². The van der Waals surface area contributed by atoms with E-state index in [1.165, 1.54) is 4.90 Å². The number of amides is 3. The quantitative estimate of drug-likeness (QED) is 0.489. The summed E-state index contributed by atoms with van der Waals surface area (Å²) in [5, 5.41) is 5.88. The van der Waals surface area contributed by atoms with Crippen molar-refractivity contribution in [1.29, 1.82) is 0 Å². The molecular formula is C22H38N4O5. The lowest BCUT2D eigenvalue weighted by Crippen LogP contribution is -2.54. The molecule has 176 valence electrons. The van der Waals surface area contributed by atoms with E-state index in [9.17, 15) is 19.2 Å². The lowest BCUT2D eigenvalue weighted by molar-refractivity contribution is -0.154. The maximum absolute atomic E-state index is 13.2. The Morgan fingerprint density at radius 2 is 1.94 bits per heavy atom. The molecule has 2 saturated heterocycles. The molecule has 0 aromatic heterocycles. The Hall–Kier alpha value is -2.16. The van der Waals surface area contributed by atoms with Crippen LogP contribution in [0.3, 0.4) is 0 Å². The molecule has 4 atom stereocenters. The summed E-state index contributed by atoms with van der Waals surface area (Å²) in [7, 11) is 1.64. The van der Waals surface area contributed by atoms with Gasteiger partial charge in [0.25, 0.3) is 0 Å². The largest absolute Gasteiger partial charge is 0.461 e. The van der Waals surface area contributed by atoms with Crippen molar-refractivity contribution in [3.8, 4) is 0 Å². The molecule has 2 rings (SSSR count). The molecule has 0 spiro atoms. The van der Waals surface area contributed by atoms with Gasteiger partial charge in [0.15, 0.2) is 0 Å². The van der Waals surface area contributed by atoms with Gasteiger partial charge in [0.2, 0.25) is 17.7 Å². The summed E-state index contributed by atoms with van der Waals surface area (Å²) in [6, 6.07) is -1.42. The van der Waals surface area contributed by atoms with Gasteiger partial charge >= 0.3 is 5.97 Å². The van der Waals surface area contributed by atoms with Crippen LogP contribution in [-0.2, 0) is 23.9 Å². The number of hydrogen-bond acceptors (Lipinski definition) is 6. The minimum absolute atomic E-state index is 0.0423. The number of hydrogen-bond donors (Lipinski definition) is 2. The van der Waals surface area contributed by atoms with Crippen LogP contribution in [0, 0.1) is 0 Å². The summed E-state index contributed by atoms with van der Waals surface area (Å²) >= 11 is 0. The van der Waals surface area contributed by atoms with Gasteiger partial charge in [-0.25, -0.2) is 0 Å². The summed E-state index contributed by atoms with van der Waals surface area (Å²) in [5.74, 6) is -0.905. The second-order valence-electron chi connectivity index (χ2n) is 8.49. The molecule has 3 amide bonds. The predicted octanol–water partition coefficient (Wildman–Crippen LogP) is 0.814. The van der Waals surface area contributed by atoms with Crippen molar-refractivity contribution in [2.45, 2.75) is 89.9 Å². The molecule has 0 saturated carbocycles. The highest BCUT2D eigenvalue weighted by Crippen LogP contribution is 2.22. The van der Waals surface area contributed by atoms with Crippen LogP contribution in [-0.4, -0.2) is 84.4 Å². The van der Waals surface area contributed by atoms with E-state index in [1.807, 2.05) is 13.8 Å². The van der Waals surface area contributed by atoms with E-state index in [-0.39, 0.29) is 36.2 Å². The number of nitrogens with one attached hydrogen (secondary N) is 2. The number of likely N-dealkylation sites (tertiary alicyclic amines) is 1. The Morgan fingerprint density at radius 3 is 2.55 bits per heavy atom. The van der Waals surface area contributed by atoms with Crippen molar-refractivity contribution < 1.29 is 23.9 Å². The minimum Gasteiger partial charge on any atom is -0.461 e. The molecule has 2 aliphatic heterocycles. The van der Waals surface area contributed by atoms with Crippen LogP contribution in [0.4, 0.5) is 0 Å². The summed E-state index contributed by atoms with van der Waals surface area (Å²) in [4.78, 5) is 53.7. The molecular weight excluding hydrogens is 400 g/mol. The van der Waals surface area contributed by atoms with E-state index in [0.29, 0.717) is 25.9 Å². The normalized spacial score (nSPS) is 22.6. The molecule has 4 unspecified atom stereocenters. The maximum atomic E-state index is 13.2.